The Hall–Kier alpha value is -3.53. The zero-order valence-electron chi connectivity index (χ0n) is 22.5. The molecule has 1 aromatic heterocycles. The molecule has 10 heteroatoms. The quantitative estimate of drug-likeness (QED) is 0.343. The van der Waals surface area contributed by atoms with Crippen LogP contribution in [0.1, 0.15) is 68.8 Å². The van der Waals surface area contributed by atoms with Gasteiger partial charge >= 0.3 is 0 Å². The van der Waals surface area contributed by atoms with Gasteiger partial charge in [0.1, 0.15) is 23.0 Å². The van der Waals surface area contributed by atoms with Crippen molar-refractivity contribution in [2.24, 2.45) is 4.99 Å². The van der Waals surface area contributed by atoms with Crippen LogP contribution in [-0.4, -0.2) is 35.8 Å². The van der Waals surface area contributed by atoms with Gasteiger partial charge in [0.05, 0.1) is 11.4 Å². The Bertz CT molecular complexity index is 1520. The zero-order valence-corrected chi connectivity index (χ0v) is 23.3. The van der Waals surface area contributed by atoms with Crippen molar-refractivity contribution in [3.8, 4) is 11.1 Å². The number of rotatable bonds is 9. The number of halogens is 1. The molecule has 1 saturated carbocycles. The van der Waals surface area contributed by atoms with Crippen LogP contribution in [0, 0.1) is 19.7 Å². The summed E-state index contributed by atoms with van der Waals surface area (Å²) in [6.07, 6.45) is 6.39. The Morgan fingerprint density at radius 1 is 1.10 bits per heavy atom. The Balaban J connectivity index is 1.41. The van der Waals surface area contributed by atoms with Crippen LogP contribution < -0.4 is 4.72 Å². The number of carbonyl (C=O) groups excluding carboxylic acids is 1. The van der Waals surface area contributed by atoms with Crippen molar-refractivity contribution in [3.05, 3.63) is 65.2 Å². The summed E-state index contributed by atoms with van der Waals surface area (Å²) in [6, 6.07) is 10.8. The van der Waals surface area contributed by atoms with Crippen LogP contribution in [0.15, 0.2) is 56.9 Å². The number of sulfonamides is 1. The molecule has 0 saturated heterocycles. The normalized spacial score (nSPS) is 16.8. The van der Waals surface area contributed by atoms with E-state index in [0.717, 1.165) is 62.4 Å². The van der Waals surface area contributed by atoms with Crippen LogP contribution in [0.2, 0.25) is 0 Å². The summed E-state index contributed by atoms with van der Waals surface area (Å²) in [4.78, 5) is 20.1. The van der Waals surface area contributed by atoms with Crippen LogP contribution in [0.4, 0.5) is 10.2 Å². The van der Waals surface area contributed by atoms with Crippen molar-refractivity contribution in [2.75, 3.05) is 4.72 Å². The van der Waals surface area contributed by atoms with Crippen LogP contribution in [0.5, 0.6) is 0 Å². The number of nitrogens with zero attached hydrogens (tertiary/aromatic N) is 3. The number of aliphatic imine (C=N–C) groups is 1. The van der Waals surface area contributed by atoms with E-state index in [9.17, 15) is 17.6 Å². The maximum absolute atomic E-state index is 14.3. The first-order valence-electron chi connectivity index (χ1n) is 13.4. The predicted octanol–water partition coefficient (Wildman–Crippen LogP) is 6.14. The lowest BCUT2D eigenvalue weighted by atomic mass is 9.98. The molecular weight excluding hydrogens is 519 g/mol. The minimum Gasteiger partial charge on any atom is -0.359 e. The molecule has 206 valence electrons. The number of unbranched alkanes of at least 4 members (excludes halogenated alkanes) is 1. The number of aryl methyl sites for hydroxylation is 1. The lowest BCUT2D eigenvalue weighted by Crippen LogP contribution is -2.40. The third-order valence-corrected chi connectivity index (χ3v) is 9.10. The number of hydrogen-bond donors (Lipinski definition) is 1. The van der Waals surface area contributed by atoms with Crippen molar-refractivity contribution in [1.29, 1.82) is 0 Å². The van der Waals surface area contributed by atoms with E-state index in [1.807, 2.05) is 17.0 Å². The maximum atomic E-state index is 14.3. The molecule has 1 aliphatic carbocycles. The number of hydrogen-bond acceptors (Lipinski definition) is 6. The molecule has 0 radical (unpaired) electrons. The molecule has 2 heterocycles. The van der Waals surface area contributed by atoms with E-state index in [4.69, 9.17) is 9.52 Å². The zero-order chi connectivity index (χ0) is 27.8. The highest BCUT2D eigenvalue weighted by molar-refractivity contribution is 7.92. The topological polar surface area (TPSA) is 105 Å². The van der Waals surface area contributed by atoms with Gasteiger partial charge in [0.15, 0.2) is 5.82 Å². The number of amidine groups is 1. The van der Waals surface area contributed by atoms with Crippen molar-refractivity contribution in [2.45, 2.75) is 82.7 Å². The molecule has 1 N–H and O–H groups in total. The largest absolute Gasteiger partial charge is 0.359 e. The third-order valence-electron chi connectivity index (χ3n) is 7.71. The van der Waals surface area contributed by atoms with Gasteiger partial charge in [0.2, 0.25) is 0 Å². The molecule has 8 nitrogen and oxygen atoms in total. The highest BCUT2D eigenvalue weighted by atomic mass is 32.2. The predicted molar refractivity (Wildman–Crippen MR) is 147 cm³/mol. The summed E-state index contributed by atoms with van der Waals surface area (Å²) in [7, 11) is -4.09. The van der Waals surface area contributed by atoms with Crippen molar-refractivity contribution >= 4 is 27.6 Å². The molecule has 0 bridgehead atoms. The average molecular weight is 553 g/mol. The van der Waals surface area contributed by atoms with Crippen molar-refractivity contribution < 1.29 is 22.1 Å². The Kier molecular flexibility index (Phi) is 7.33. The molecule has 3 aromatic rings. The number of aromatic nitrogens is 1. The molecular formula is C29H33FN4O4S. The standard InChI is InChI=1S/C29H33FN4O4S/c1-4-5-8-26-31-29(15-6-7-16-29)28(35)34(26)18-21-9-11-22(12-10-21)24-17-23(30)13-14-25(24)39(36,37)33-27-19(2)20(3)38-32-27/h9-14,17H,4-8,15-16,18H2,1-3H3,(H,32,33). The number of benzene rings is 2. The fraction of sp³-hybridized carbons (Fsp3) is 0.414. The molecule has 1 amide bonds. The van der Waals surface area contributed by atoms with E-state index in [0.29, 0.717) is 23.4 Å². The number of nitrogens with one attached hydrogen (secondary N) is 1. The summed E-state index contributed by atoms with van der Waals surface area (Å²) in [6.45, 7) is 5.90. The fourth-order valence-corrected chi connectivity index (χ4v) is 6.60. The van der Waals surface area contributed by atoms with Gasteiger partial charge in [-0.05, 0) is 62.4 Å². The first kappa shape index (κ1) is 27.1. The van der Waals surface area contributed by atoms with Gasteiger partial charge in [-0.3, -0.25) is 19.4 Å². The van der Waals surface area contributed by atoms with Crippen LogP contribution in [-0.2, 0) is 21.4 Å². The molecule has 2 aromatic carbocycles. The maximum Gasteiger partial charge on any atom is 0.263 e. The monoisotopic (exact) mass is 552 g/mol. The Labute approximate surface area is 228 Å². The molecule has 2 aliphatic rings. The first-order valence-corrected chi connectivity index (χ1v) is 14.9. The summed E-state index contributed by atoms with van der Waals surface area (Å²) in [5, 5.41) is 3.78. The highest BCUT2D eigenvalue weighted by Crippen LogP contribution is 2.40. The molecule has 1 aliphatic heterocycles. The minimum absolute atomic E-state index is 0.0800. The lowest BCUT2D eigenvalue weighted by molar-refractivity contribution is -0.131. The lowest BCUT2D eigenvalue weighted by Gasteiger charge is -2.23. The second-order valence-corrected chi connectivity index (χ2v) is 12.1. The number of anilines is 1. The summed E-state index contributed by atoms with van der Waals surface area (Å²) in [5.41, 5.74) is 1.62. The van der Waals surface area contributed by atoms with Crippen LogP contribution >= 0.6 is 0 Å². The number of amides is 1. The second-order valence-electron chi connectivity index (χ2n) is 10.4. The molecule has 0 atom stereocenters. The van der Waals surface area contributed by atoms with Gasteiger partial charge in [0.25, 0.3) is 15.9 Å². The van der Waals surface area contributed by atoms with Crippen molar-refractivity contribution in [3.63, 3.8) is 0 Å². The summed E-state index contributed by atoms with van der Waals surface area (Å²) in [5.74, 6) is 0.978. The molecule has 39 heavy (non-hydrogen) atoms. The van der Waals surface area contributed by atoms with E-state index in [-0.39, 0.29) is 22.2 Å². The van der Waals surface area contributed by atoms with E-state index in [2.05, 4.69) is 16.8 Å². The van der Waals surface area contributed by atoms with Gasteiger partial charge in [-0.25, -0.2) is 12.8 Å². The van der Waals surface area contributed by atoms with Gasteiger partial charge in [0, 0.05) is 17.5 Å². The van der Waals surface area contributed by atoms with E-state index in [1.165, 1.54) is 12.1 Å². The minimum atomic E-state index is -4.09. The summed E-state index contributed by atoms with van der Waals surface area (Å²) >= 11 is 0. The first-order chi connectivity index (χ1) is 18.6. The van der Waals surface area contributed by atoms with E-state index in [1.54, 1.807) is 26.0 Å². The average Bonchev–Trinajstić information content (AvgIpc) is 3.59. The highest BCUT2D eigenvalue weighted by Gasteiger charge is 2.49. The smallest absolute Gasteiger partial charge is 0.263 e. The molecule has 5 rings (SSSR count). The third kappa shape index (κ3) is 5.22. The molecule has 0 unspecified atom stereocenters. The second kappa shape index (κ2) is 10.6. The summed E-state index contributed by atoms with van der Waals surface area (Å²) < 4.78 is 48.4. The Morgan fingerprint density at radius 3 is 2.46 bits per heavy atom. The van der Waals surface area contributed by atoms with Crippen molar-refractivity contribution in [1.82, 2.24) is 10.1 Å². The van der Waals surface area contributed by atoms with Gasteiger partial charge < -0.3 is 4.52 Å². The van der Waals surface area contributed by atoms with Gasteiger partial charge in [-0.2, -0.15) is 0 Å². The fourth-order valence-electron chi connectivity index (χ4n) is 5.33. The van der Waals surface area contributed by atoms with E-state index >= 15 is 0 Å². The van der Waals surface area contributed by atoms with Gasteiger partial charge in [-0.1, -0.05) is 55.6 Å². The van der Waals surface area contributed by atoms with Crippen LogP contribution in [0.3, 0.4) is 0 Å². The van der Waals surface area contributed by atoms with Crippen LogP contribution in [0.25, 0.3) is 11.1 Å². The van der Waals surface area contributed by atoms with E-state index < -0.39 is 21.4 Å². The number of carbonyl (C=O) groups is 1. The SMILES string of the molecule is CCCCC1=NC2(CCCC2)C(=O)N1Cc1ccc(-c2cc(F)ccc2S(=O)(=O)Nc2noc(C)c2C)cc1. The molecule has 1 spiro atoms. The molecule has 1 fully saturated rings. The van der Waals surface area contributed by atoms with Gasteiger partial charge in [-0.15, -0.1) is 0 Å². The Morgan fingerprint density at radius 2 is 1.82 bits per heavy atom.